The summed E-state index contributed by atoms with van der Waals surface area (Å²) in [6.07, 6.45) is 9.39. The molecule has 130 valence electrons. The average Bonchev–Trinajstić information content (AvgIpc) is 3.41. The Bertz CT molecular complexity index is 1150. The maximum atomic E-state index is 12.9. The van der Waals surface area contributed by atoms with Gasteiger partial charge >= 0.3 is 0 Å². The number of benzene rings is 2. The Morgan fingerprint density at radius 1 is 0.926 bits per heavy atom. The number of hydrogen-bond acceptors (Lipinski definition) is 2. The molecule has 3 heterocycles. The van der Waals surface area contributed by atoms with Crippen LogP contribution in [0.25, 0.3) is 16.8 Å². The van der Waals surface area contributed by atoms with E-state index in [0.717, 1.165) is 12.1 Å². The van der Waals surface area contributed by atoms with Gasteiger partial charge in [-0.15, -0.1) is 0 Å². The molecule has 7 rings (SSSR count). The Hall–Kier alpha value is -2.78. The molecule has 2 aliphatic carbocycles. The van der Waals surface area contributed by atoms with Crippen molar-refractivity contribution in [3.05, 3.63) is 101 Å². The number of fused-ring (bicyclic) bond motifs is 1. The quantitative estimate of drug-likeness (QED) is 0.618. The highest BCUT2D eigenvalue weighted by Crippen LogP contribution is 2.57. The minimum absolute atomic E-state index is 0.104. The molecule has 4 aliphatic rings. The van der Waals surface area contributed by atoms with E-state index in [2.05, 4.69) is 65.7 Å². The second kappa shape index (κ2) is 5.61. The monoisotopic (exact) mass is 367 g/mol. The lowest BCUT2D eigenvalue weighted by molar-refractivity contribution is -0.111. The molecule has 1 N–H and O–H groups in total. The van der Waals surface area contributed by atoms with Gasteiger partial charge in [-0.05, 0) is 63.6 Å². The molecule has 0 saturated heterocycles. The number of carbonyl (C=O) groups excluding carboxylic acids is 1. The molecule has 2 aromatic carbocycles. The SMILES string of the molecule is O=C1SC2c3cc(-c4ccc[nH]4)ccc3C1c1cc(C3=CC=CC3)ccc12. The van der Waals surface area contributed by atoms with E-state index in [1.807, 2.05) is 12.3 Å². The molecule has 0 saturated carbocycles. The Morgan fingerprint density at radius 2 is 1.78 bits per heavy atom. The number of rotatable bonds is 2. The first-order valence-corrected chi connectivity index (χ1v) is 10.2. The van der Waals surface area contributed by atoms with Crippen molar-refractivity contribution in [3.8, 4) is 11.3 Å². The number of nitrogens with one attached hydrogen (secondary N) is 1. The highest BCUT2D eigenvalue weighted by molar-refractivity contribution is 8.14. The summed E-state index contributed by atoms with van der Waals surface area (Å²) in [6, 6.07) is 17.4. The lowest BCUT2D eigenvalue weighted by Gasteiger charge is -2.39. The molecule has 27 heavy (non-hydrogen) atoms. The van der Waals surface area contributed by atoms with Gasteiger partial charge in [-0.1, -0.05) is 60.3 Å². The Balaban J connectivity index is 1.50. The van der Waals surface area contributed by atoms with Crippen molar-refractivity contribution in [2.45, 2.75) is 17.6 Å². The first-order valence-electron chi connectivity index (χ1n) is 9.27. The summed E-state index contributed by atoms with van der Waals surface area (Å²) in [4.78, 5) is 16.1. The molecule has 0 radical (unpaired) electrons. The van der Waals surface area contributed by atoms with Crippen molar-refractivity contribution in [2.75, 3.05) is 0 Å². The van der Waals surface area contributed by atoms with E-state index in [1.165, 1.54) is 50.7 Å². The second-order valence-electron chi connectivity index (χ2n) is 7.35. The van der Waals surface area contributed by atoms with Crippen LogP contribution in [-0.4, -0.2) is 10.1 Å². The summed E-state index contributed by atoms with van der Waals surface area (Å²) in [5.41, 5.74) is 9.85. The lowest BCUT2D eigenvalue weighted by atomic mass is 9.76. The molecule has 0 amide bonds. The third kappa shape index (κ3) is 2.18. The number of allylic oxidation sites excluding steroid dienone is 4. The number of carbonyl (C=O) groups is 1. The van der Waals surface area contributed by atoms with Gasteiger partial charge in [-0.2, -0.15) is 0 Å². The molecule has 2 bridgehead atoms. The van der Waals surface area contributed by atoms with E-state index in [-0.39, 0.29) is 16.3 Å². The van der Waals surface area contributed by atoms with Gasteiger partial charge in [-0.25, -0.2) is 0 Å². The Kier molecular flexibility index (Phi) is 3.18. The highest BCUT2D eigenvalue weighted by atomic mass is 32.2. The molecule has 0 fully saturated rings. The smallest absolute Gasteiger partial charge is 0.201 e. The van der Waals surface area contributed by atoms with E-state index in [1.54, 1.807) is 0 Å². The molecule has 2 nitrogen and oxygen atoms in total. The zero-order valence-electron chi connectivity index (χ0n) is 14.6. The summed E-state index contributed by atoms with van der Waals surface area (Å²) in [5.74, 6) is -0.141. The van der Waals surface area contributed by atoms with Crippen molar-refractivity contribution in [2.24, 2.45) is 0 Å². The van der Waals surface area contributed by atoms with Crippen LogP contribution in [0.15, 0.2) is 73.0 Å². The van der Waals surface area contributed by atoms with Crippen molar-refractivity contribution < 1.29 is 4.79 Å². The van der Waals surface area contributed by atoms with Crippen molar-refractivity contribution in [1.82, 2.24) is 4.98 Å². The number of aromatic nitrogens is 1. The third-order valence-electron chi connectivity index (χ3n) is 5.88. The summed E-state index contributed by atoms with van der Waals surface area (Å²) < 4.78 is 0. The van der Waals surface area contributed by atoms with Crippen LogP contribution in [0.1, 0.15) is 45.4 Å². The molecular weight excluding hydrogens is 350 g/mol. The minimum atomic E-state index is -0.141. The summed E-state index contributed by atoms with van der Waals surface area (Å²) in [6.45, 7) is 0. The fourth-order valence-electron chi connectivity index (χ4n) is 4.57. The van der Waals surface area contributed by atoms with Crippen LogP contribution in [0.4, 0.5) is 0 Å². The summed E-state index contributed by atoms with van der Waals surface area (Å²) in [7, 11) is 0. The molecule has 3 aromatic rings. The Labute approximate surface area is 162 Å². The average molecular weight is 367 g/mol. The van der Waals surface area contributed by atoms with Gasteiger partial charge < -0.3 is 4.98 Å². The van der Waals surface area contributed by atoms with Crippen LogP contribution in [0, 0.1) is 0 Å². The number of aromatic amines is 1. The van der Waals surface area contributed by atoms with E-state index in [4.69, 9.17) is 0 Å². The molecule has 3 heteroatoms. The number of H-pyrrole nitrogens is 1. The van der Waals surface area contributed by atoms with Gasteiger partial charge in [0.1, 0.15) is 0 Å². The van der Waals surface area contributed by atoms with Gasteiger partial charge in [0.15, 0.2) is 0 Å². The van der Waals surface area contributed by atoms with Crippen LogP contribution in [0.3, 0.4) is 0 Å². The van der Waals surface area contributed by atoms with E-state index >= 15 is 0 Å². The first-order chi connectivity index (χ1) is 13.3. The molecule has 2 unspecified atom stereocenters. The van der Waals surface area contributed by atoms with Gasteiger partial charge in [0.25, 0.3) is 0 Å². The van der Waals surface area contributed by atoms with Crippen molar-refractivity contribution in [3.63, 3.8) is 0 Å². The van der Waals surface area contributed by atoms with Crippen LogP contribution >= 0.6 is 11.8 Å². The van der Waals surface area contributed by atoms with Crippen LogP contribution < -0.4 is 0 Å². The van der Waals surface area contributed by atoms with E-state index in [9.17, 15) is 4.79 Å². The molecule has 1 aromatic heterocycles. The van der Waals surface area contributed by atoms with Crippen LogP contribution in [0.5, 0.6) is 0 Å². The standard InChI is InChI=1S/C24H17NOS/c26-24-22-17-9-8-16(21-6-3-11-25-21)13-20(17)23(27-24)18-10-7-15(12-19(18)22)14-4-1-2-5-14/h1-4,6-13,22-23,25H,5H2. The minimum Gasteiger partial charge on any atom is -0.361 e. The first kappa shape index (κ1) is 15.3. The van der Waals surface area contributed by atoms with Crippen LogP contribution in [0.2, 0.25) is 0 Å². The second-order valence-corrected chi connectivity index (χ2v) is 8.45. The summed E-state index contributed by atoms with van der Waals surface area (Å²) in [5, 5.41) is 0.385. The topological polar surface area (TPSA) is 32.9 Å². The molecule has 0 spiro atoms. The lowest BCUT2D eigenvalue weighted by Crippen LogP contribution is -2.28. The van der Waals surface area contributed by atoms with Gasteiger partial charge in [0.2, 0.25) is 5.12 Å². The number of hydrogen-bond donors (Lipinski definition) is 1. The number of thioether (sulfide) groups is 1. The molecule has 2 atom stereocenters. The van der Waals surface area contributed by atoms with Gasteiger partial charge in [-0.3, -0.25) is 4.79 Å². The van der Waals surface area contributed by atoms with Gasteiger partial charge in [0, 0.05) is 11.9 Å². The predicted octanol–water partition coefficient (Wildman–Crippen LogP) is 5.83. The van der Waals surface area contributed by atoms with Gasteiger partial charge in [0.05, 0.1) is 11.2 Å². The maximum absolute atomic E-state index is 12.9. The van der Waals surface area contributed by atoms with E-state index in [0.29, 0.717) is 0 Å². The summed E-state index contributed by atoms with van der Waals surface area (Å²) >= 11 is 1.49. The van der Waals surface area contributed by atoms with Crippen molar-refractivity contribution in [1.29, 1.82) is 0 Å². The zero-order chi connectivity index (χ0) is 18.0. The fraction of sp³-hybridized carbons (Fsp3) is 0.125. The van der Waals surface area contributed by atoms with Crippen LogP contribution in [-0.2, 0) is 4.79 Å². The largest absolute Gasteiger partial charge is 0.361 e. The molecule has 2 aliphatic heterocycles. The normalized spacial score (nSPS) is 21.9. The molecular formula is C24H17NOS. The Morgan fingerprint density at radius 3 is 2.59 bits per heavy atom. The zero-order valence-corrected chi connectivity index (χ0v) is 15.4. The highest BCUT2D eigenvalue weighted by Gasteiger charge is 2.43. The van der Waals surface area contributed by atoms with Crippen molar-refractivity contribution >= 4 is 22.5 Å². The fourth-order valence-corrected chi connectivity index (χ4v) is 5.86. The predicted molar refractivity (Wildman–Crippen MR) is 111 cm³/mol. The maximum Gasteiger partial charge on any atom is 0.201 e. The third-order valence-corrected chi connectivity index (χ3v) is 7.09. The van der Waals surface area contributed by atoms with E-state index < -0.39 is 0 Å².